The van der Waals surface area contributed by atoms with Gasteiger partial charge in [-0.15, -0.1) is 0 Å². The highest BCUT2D eigenvalue weighted by molar-refractivity contribution is 5.69. The van der Waals surface area contributed by atoms with Gasteiger partial charge < -0.3 is 15.2 Å². The Kier molecular flexibility index (Phi) is 6.50. The third-order valence-corrected chi connectivity index (χ3v) is 4.60. The van der Waals surface area contributed by atoms with Gasteiger partial charge in [0.1, 0.15) is 0 Å². The summed E-state index contributed by atoms with van der Waals surface area (Å²) in [6.45, 7) is 4.33. The van der Waals surface area contributed by atoms with Crippen LogP contribution in [0.25, 0.3) is 11.1 Å². The van der Waals surface area contributed by atoms with E-state index in [4.69, 9.17) is 9.84 Å². The third kappa shape index (κ3) is 5.35. The highest BCUT2D eigenvalue weighted by Crippen LogP contribution is 2.30. The molecule has 0 saturated carbocycles. The van der Waals surface area contributed by atoms with E-state index >= 15 is 0 Å². The van der Waals surface area contributed by atoms with Crippen LogP contribution < -0.4 is 10.1 Å². The smallest absolute Gasteiger partial charge is 0.341 e. The fourth-order valence-electron chi connectivity index (χ4n) is 3.18. The van der Waals surface area contributed by atoms with Crippen molar-refractivity contribution in [2.45, 2.75) is 26.3 Å². The van der Waals surface area contributed by atoms with E-state index < -0.39 is 18.4 Å². The number of hydrogen-bond donors (Lipinski definition) is 2. The summed E-state index contributed by atoms with van der Waals surface area (Å²) in [6, 6.07) is 21.1. The van der Waals surface area contributed by atoms with Gasteiger partial charge in [-0.3, -0.25) is 0 Å². The minimum Gasteiger partial charge on any atom is -0.479 e. The molecule has 0 unspecified atom stereocenters. The largest absolute Gasteiger partial charge is 0.479 e. The normalized spacial score (nSPS) is 10.8. The van der Waals surface area contributed by atoms with E-state index in [0.717, 1.165) is 11.1 Å². The lowest BCUT2D eigenvalue weighted by molar-refractivity contribution is -0.139. The maximum Gasteiger partial charge on any atom is 0.341 e. The van der Waals surface area contributed by atoms with Crippen molar-refractivity contribution in [3.63, 3.8) is 0 Å². The average Bonchev–Trinajstić information content (AvgIpc) is 2.71. The van der Waals surface area contributed by atoms with Crippen molar-refractivity contribution in [2.24, 2.45) is 0 Å². The van der Waals surface area contributed by atoms with Crippen LogP contribution in [0.15, 0.2) is 66.7 Å². The maximum atomic E-state index is 14.1. The maximum absolute atomic E-state index is 14.1. The molecule has 3 aromatic carbocycles. The summed E-state index contributed by atoms with van der Waals surface area (Å²) in [5.41, 5.74) is 5.34. The monoisotopic (exact) mass is 393 g/mol. The van der Waals surface area contributed by atoms with Gasteiger partial charge in [0.25, 0.3) is 0 Å². The Morgan fingerprint density at radius 1 is 1.07 bits per heavy atom. The number of halogens is 1. The van der Waals surface area contributed by atoms with Crippen molar-refractivity contribution in [2.75, 3.05) is 11.9 Å². The molecule has 0 bridgehead atoms. The molecular formula is C24H24FNO3. The van der Waals surface area contributed by atoms with Gasteiger partial charge in [-0.2, -0.15) is 0 Å². The topological polar surface area (TPSA) is 58.6 Å². The lowest BCUT2D eigenvalue weighted by Gasteiger charge is -2.14. The molecule has 2 N–H and O–H groups in total. The first-order valence-electron chi connectivity index (χ1n) is 9.50. The van der Waals surface area contributed by atoms with Gasteiger partial charge in [0.2, 0.25) is 0 Å². The van der Waals surface area contributed by atoms with Crippen LogP contribution in [0.2, 0.25) is 0 Å². The van der Waals surface area contributed by atoms with E-state index in [1.165, 1.54) is 23.3 Å². The van der Waals surface area contributed by atoms with Crippen LogP contribution in [0.5, 0.6) is 5.75 Å². The number of rotatable bonds is 8. The van der Waals surface area contributed by atoms with Gasteiger partial charge in [-0.25, -0.2) is 9.18 Å². The zero-order valence-electron chi connectivity index (χ0n) is 16.5. The van der Waals surface area contributed by atoms with Crippen LogP contribution in [0.1, 0.15) is 30.9 Å². The second kappa shape index (κ2) is 9.24. The molecule has 150 valence electrons. The highest BCUT2D eigenvalue weighted by Gasteiger charge is 2.09. The molecule has 0 aliphatic rings. The Hall–Kier alpha value is -3.34. The molecule has 29 heavy (non-hydrogen) atoms. The molecule has 0 aliphatic carbocycles. The number of anilines is 1. The van der Waals surface area contributed by atoms with E-state index in [0.29, 0.717) is 18.2 Å². The Morgan fingerprint density at radius 3 is 2.59 bits per heavy atom. The summed E-state index contributed by atoms with van der Waals surface area (Å²) in [6.07, 6.45) is 0. The first kappa shape index (κ1) is 20.4. The number of benzene rings is 3. The Labute approximate surface area is 170 Å². The van der Waals surface area contributed by atoms with Crippen molar-refractivity contribution in [1.29, 1.82) is 0 Å². The van der Waals surface area contributed by atoms with Crippen LogP contribution >= 0.6 is 0 Å². The van der Waals surface area contributed by atoms with Crippen LogP contribution in [0.3, 0.4) is 0 Å². The molecule has 0 aliphatic heterocycles. The van der Waals surface area contributed by atoms with Gasteiger partial charge in [0, 0.05) is 18.3 Å². The van der Waals surface area contributed by atoms with Gasteiger partial charge in [-0.1, -0.05) is 56.3 Å². The van der Waals surface area contributed by atoms with Crippen molar-refractivity contribution in [3.8, 4) is 16.9 Å². The Bertz CT molecular complexity index is 1000. The first-order chi connectivity index (χ1) is 13.9. The fourth-order valence-corrected chi connectivity index (χ4v) is 3.18. The van der Waals surface area contributed by atoms with Crippen LogP contribution in [-0.4, -0.2) is 17.7 Å². The zero-order chi connectivity index (χ0) is 20.8. The number of hydrogen-bond acceptors (Lipinski definition) is 3. The summed E-state index contributed by atoms with van der Waals surface area (Å²) in [7, 11) is 0. The van der Waals surface area contributed by atoms with Gasteiger partial charge in [0.05, 0.1) is 0 Å². The van der Waals surface area contributed by atoms with E-state index in [-0.39, 0.29) is 5.75 Å². The van der Waals surface area contributed by atoms with Gasteiger partial charge in [0.15, 0.2) is 18.2 Å². The fraction of sp³-hybridized carbons (Fsp3) is 0.208. The zero-order valence-corrected chi connectivity index (χ0v) is 16.5. The van der Waals surface area contributed by atoms with Crippen LogP contribution in [-0.2, 0) is 11.3 Å². The van der Waals surface area contributed by atoms with Crippen molar-refractivity contribution in [3.05, 3.63) is 83.7 Å². The van der Waals surface area contributed by atoms with Crippen molar-refractivity contribution >= 4 is 11.7 Å². The number of nitrogens with one attached hydrogen (secondary N) is 1. The third-order valence-electron chi connectivity index (χ3n) is 4.60. The van der Waals surface area contributed by atoms with E-state index in [1.54, 1.807) is 6.07 Å². The summed E-state index contributed by atoms with van der Waals surface area (Å²) >= 11 is 0. The van der Waals surface area contributed by atoms with E-state index in [1.807, 2.05) is 18.2 Å². The SMILES string of the molecule is CC(C)c1ccccc1-c1cccc(CNc2ccc(OCC(=O)O)c(F)c2)c1. The standard InChI is InChI=1S/C24H24FNO3/c1-16(2)20-8-3-4-9-21(20)18-7-5-6-17(12-18)14-26-19-10-11-23(22(25)13-19)29-15-24(27)28/h3-13,16,26H,14-15H2,1-2H3,(H,27,28). The molecule has 5 heteroatoms. The first-order valence-corrected chi connectivity index (χ1v) is 9.50. The molecule has 0 aromatic heterocycles. The number of carboxylic acid groups (broad SMARTS) is 1. The molecule has 0 heterocycles. The van der Waals surface area contributed by atoms with Crippen molar-refractivity contribution in [1.82, 2.24) is 0 Å². The number of ether oxygens (including phenoxy) is 1. The summed E-state index contributed by atoms with van der Waals surface area (Å²) in [5.74, 6) is -1.40. The number of aliphatic carboxylic acids is 1. The molecule has 3 rings (SSSR count). The van der Waals surface area contributed by atoms with Crippen molar-refractivity contribution < 1.29 is 19.0 Å². The van der Waals surface area contributed by atoms with Crippen LogP contribution in [0, 0.1) is 5.82 Å². The molecule has 0 radical (unpaired) electrons. The van der Waals surface area contributed by atoms with Gasteiger partial charge in [-0.05, 0) is 46.4 Å². The quantitative estimate of drug-likeness (QED) is 0.516. The average molecular weight is 393 g/mol. The summed E-state index contributed by atoms with van der Waals surface area (Å²) in [5, 5.41) is 11.8. The highest BCUT2D eigenvalue weighted by atomic mass is 19.1. The molecule has 0 spiro atoms. The Balaban J connectivity index is 1.72. The summed E-state index contributed by atoms with van der Waals surface area (Å²) in [4.78, 5) is 10.5. The molecule has 0 fully saturated rings. The second-order valence-electron chi connectivity index (χ2n) is 7.12. The van der Waals surface area contributed by atoms with E-state index in [9.17, 15) is 9.18 Å². The molecule has 3 aromatic rings. The summed E-state index contributed by atoms with van der Waals surface area (Å²) < 4.78 is 19.0. The lowest BCUT2D eigenvalue weighted by atomic mass is 9.92. The predicted octanol–water partition coefficient (Wildman–Crippen LogP) is 5.69. The minimum absolute atomic E-state index is 0.0785. The molecule has 4 nitrogen and oxygen atoms in total. The number of carbonyl (C=O) groups is 1. The molecule has 0 amide bonds. The number of carboxylic acids is 1. The lowest BCUT2D eigenvalue weighted by Crippen LogP contribution is -2.10. The second-order valence-corrected chi connectivity index (χ2v) is 7.12. The molecule has 0 atom stereocenters. The predicted molar refractivity (Wildman–Crippen MR) is 113 cm³/mol. The van der Waals surface area contributed by atoms with E-state index in [2.05, 4.69) is 49.5 Å². The van der Waals surface area contributed by atoms with Gasteiger partial charge >= 0.3 is 5.97 Å². The molecular weight excluding hydrogens is 369 g/mol. The van der Waals surface area contributed by atoms with Crippen LogP contribution in [0.4, 0.5) is 10.1 Å². The Morgan fingerprint density at radius 2 is 1.86 bits per heavy atom. The molecule has 0 saturated heterocycles. The minimum atomic E-state index is -1.15.